The number of benzene rings is 2. The van der Waals surface area contributed by atoms with E-state index in [1.807, 2.05) is 42.5 Å². The first-order valence-electron chi connectivity index (χ1n) is 6.80. The molecule has 1 atom stereocenters. The summed E-state index contributed by atoms with van der Waals surface area (Å²) in [7, 11) is 0. The molecule has 0 radical (unpaired) electrons. The number of rotatable bonds is 3. The van der Waals surface area contributed by atoms with Gasteiger partial charge in [-0.1, -0.05) is 54.6 Å². The summed E-state index contributed by atoms with van der Waals surface area (Å²) in [4.78, 5) is 12.2. The second kappa shape index (κ2) is 5.68. The molecule has 0 spiro atoms. The lowest BCUT2D eigenvalue weighted by atomic mass is 10.1. The summed E-state index contributed by atoms with van der Waals surface area (Å²) in [5, 5.41) is 2.43. The summed E-state index contributed by atoms with van der Waals surface area (Å²) in [6.45, 7) is 0. The molecule has 0 bridgehead atoms. The van der Waals surface area contributed by atoms with Gasteiger partial charge in [-0.2, -0.15) is 0 Å². The molecule has 3 heteroatoms. The number of carbonyl (C=O) groups is 1. The first-order valence-corrected chi connectivity index (χ1v) is 7.24. The molecule has 3 rings (SSSR count). The molecule has 0 aromatic heterocycles. The molecule has 1 aliphatic carbocycles. The summed E-state index contributed by atoms with van der Waals surface area (Å²) in [6.07, 6.45) is 1.78. The lowest BCUT2D eigenvalue weighted by molar-refractivity contribution is -0.121. The van der Waals surface area contributed by atoms with Gasteiger partial charge in [0.05, 0.1) is 0 Å². The van der Waals surface area contributed by atoms with E-state index in [0.29, 0.717) is 0 Å². The van der Waals surface area contributed by atoms with Crippen molar-refractivity contribution >= 4 is 17.5 Å². The lowest BCUT2D eigenvalue weighted by Gasteiger charge is -2.15. The molecular weight excluding hydrogens is 270 g/mol. The van der Waals surface area contributed by atoms with Crippen molar-refractivity contribution in [2.75, 3.05) is 0 Å². The van der Waals surface area contributed by atoms with Crippen molar-refractivity contribution < 1.29 is 4.79 Å². The van der Waals surface area contributed by atoms with Crippen molar-refractivity contribution in [1.29, 1.82) is 0 Å². The van der Waals surface area contributed by atoms with Gasteiger partial charge >= 0.3 is 0 Å². The van der Waals surface area contributed by atoms with Crippen LogP contribution in [0.25, 0.3) is 0 Å². The summed E-state index contributed by atoms with van der Waals surface area (Å²) < 4.78 is 0. The Morgan fingerprint density at radius 2 is 1.55 bits per heavy atom. The van der Waals surface area contributed by atoms with Gasteiger partial charge in [-0.05, 0) is 29.5 Å². The van der Waals surface area contributed by atoms with Crippen LogP contribution in [0.1, 0.15) is 22.1 Å². The minimum absolute atomic E-state index is 0.115. The minimum atomic E-state index is -0.625. The van der Waals surface area contributed by atoms with Crippen molar-refractivity contribution in [2.45, 2.75) is 24.3 Å². The minimum Gasteiger partial charge on any atom is -0.351 e. The number of fused-ring (bicyclic) bond motifs is 1. The van der Waals surface area contributed by atoms with Crippen LogP contribution < -0.4 is 5.32 Å². The van der Waals surface area contributed by atoms with Gasteiger partial charge < -0.3 is 5.32 Å². The van der Waals surface area contributed by atoms with Crippen LogP contribution in [0.5, 0.6) is 0 Å². The molecule has 1 amide bonds. The van der Waals surface area contributed by atoms with E-state index in [-0.39, 0.29) is 11.9 Å². The SMILES string of the molecule is O=C(NC1Cc2ccccc2C1)C(Cl)c1ccccc1. The van der Waals surface area contributed by atoms with Gasteiger partial charge in [-0.3, -0.25) is 4.79 Å². The van der Waals surface area contributed by atoms with E-state index in [0.717, 1.165) is 18.4 Å². The molecule has 102 valence electrons. The first kappa shape index (κ1) is 13.2. The molecule has 0 heterocycles. The molecule has 2 aromatic rings. The van der Waals surface area contributed by atoms with Gasteiger partial charge in [0.25, 0.3) is 0 Å². The van der Waals surface area contributed by atoms with Crippen LogP contribution in [0.15, 0.2) is 54.6 Å². The lowest BCUT2D eigenvalue weighted by Crippen LogP contribution is -2.37. The summed E-state index contributed by atoms with van der Waals surface area (Å²) in [5.41, 5.74) is 3.48. The number of alkyl halides is 1. The molecule has 0 fully saturated rings. The molecule has 1 aliphatic rings. The fourth-order valence-corrected chi connectivity index (χ4v) is 2.92. The van der Waals surface area contributed by atoms with Crippen molar-refractivity contribution in [2.24, 2.45) is 0 Å². The maximum atomic E-state index is 12.2. The average molecular weight is 286 g/mol. The third-order valence-corrected chi connectivity index (χ3v) is 4.17. The van der Waals surface area contributed by atoms with Crippen molar-refractivity contribution in [1.82, 2.24) is 5.32 Å². The highest BCUT2D eigenvalue weighted by atomic mass is 35.5. The van der Waals surface area contributed by atoms with E-state index in [4.69, 9.17) is 11.6 Å². The molecular formula is C17H16ClNO. The second-order valence-electron chi connectivity index (χ2n) is 5.16. The van der Waals surface area contributed by atoms with Gasteiger partial charge in [0.1, 0.15) is 5.38 Å². The van der Waals surface area contributed by atoms with E-state index < -0.39 is 5.38 Å². The number of halogens is 1. The van der Waals surface area contributed by atoms with Crippen LogP contribution in [0.4, 0.5) is 0 Å². The zero-order valence-corrected chi connectivity index (χ0v) is 11.8. The molecule has 1 unspecified atom stereocenters. The maximum Gasteiger partial charge on any atom is 0.242 e. The number of amides is 1. The Bertz CT molecular complexity index is 586. The number of nitrogens with one attached hydrogen (secondary N) is 1. The smallest absolute Gasteiger partial charge is 0.242 e. The highest BCUT2D eigenvalue weighted by molar-refractivity contribution is 6.30. The summed E-state index contributed by atoms with van der Waals surface area (Å²) in [5.74, 6) is -0.115. The van der Waals surface area contributed by atoms with E-state index in [1.165, 1.54) is 11.1 Å². The van der Waals surface area contributed by atoms with Gasteiger partial charge in [0.2, 0.25) is 5.91 Å². The number of hydrogen-bond donors (Lipinski definition) is 1. The molecule has 1 N–H and O–H groups in total. The zero-order valence-electron chi connectivity index (χ0n) is 11.1. The first-order chi connectivity index (χ1) is 9.74. The Kier molecular flexibility index (Phi) is 3.75. The van der Waals surface area contributed by atoms with Crippen molar-refractivity contribution in [3.63, 3.8) is 0 Å². The largest absolute Gasteiger partial charge is 0.351 e. The van der Waals surface area contributed by atoms with E-state index in [2.05, 4.69) is 17.4 Å². The van der Waals surface area contributed by atoms with Crippen LogP contribution in [0, 0.1) is 0 Å². The van der Waals surface area contributed by atoms with E-state index in [9.17, 15) is 4.79 Å². The standard InChI is InChI=1S/C17H16ClNO/c18-16(12-6-2-1-3-7-12)17(20)19-15-10-13-8-4-5-9-14(13)11-15/h1-9,15-16H,10-11H2,(H,19,20). The van der Waals surface area contributed by atoms with E-state index >= 15 is 0 Å². The Labute approximate surface area is 123 Å². The molecule has 0 saturated heterocycles. The fraction of sp³-hybridized carbons (Fsp3) is 0.235. The summed E-state index contributed by atoms with van der Waals surface area (Å²) >= 11 is 6.23. The molecule has 20 heavy (non-hydrogen) atoms. The second-order valence-corrected chi connectivity index (χ2v) is 5.59. The average Bonchev–Trinajstić information content (AvgIpc) is 2.89. The van der Waals surface area contributed by atoms with Crippen LogP contribution in [-0.4, -0.2) is 11.9 Å². The van der Waals surface area contributed by atoms with Crippen molar-refractivity contribution in [3.05, 3.63) is 71.3 Å². The quantitative estimate of drug-likeness (QED) is 0.862. The van der Waals surface area contributed by atoms with Gasteiger partial charge in [-0.25, -0.2) is 0 Å². The number of carbonyl (C=O) groups excluding carboxylic acids is 1. The normalized spacial score (nSPS) is 15.7. The van der Waals surface area contributed by atoms with Gasteiger partial charge in [-0.15, -0.1) is 11.6 Å². The molecule has 2 aromatic carbocycles. The predicted octanol–water partition coefficient (Wildman–Crippen LogP) is 3.25. The Hall–Kier alpha value is -1.80. The third kappa shape index (κ3) is 2.70. The molecule has 0 saturated carbocycles. The van der Waals surface area contributed by atoms with Crippen LogP contribution in [0.2, 0.25) is 0 Å². The molecule has 0 aliphatic heterocycles. The van der Waals surface area contributed by atoms with E-state index in [1.54, 1.807) is 0 Å². The highest BCUT2D eigenvalue weighted by Crippen LogP contribution is 2.24. The Morgan fingerprint density at radius 3 is 2.15 bits per heavy atom. The topological polar surface area (TPSA) is 29.1 Å². The number of hydrogen-bond acceptors (Lipinski definition) is 1. The Balaban J connectivity index is 1.64. The Morgan fingerprint density at radius 1 is 1.00 bits per heavy atom. The van der Waals surface area contributed by atoms with Crippen LogP contribution >= 0.6 is 11.6 Å². The zero-order chi connectivity index (χ0) is 13.9. The van der Waals surface area contributed by atoms with Gasteiger partial charge in [0.15, 0.2) is 0 Å². The predicted molar refractivity (Wildman–Crippen MR) is 80.8 cm³/mol. The highest BCUT2D eigenvalue weighted by Gasteiger charge is 2.25. The maximum absolute atomic E-state index is 12.2. The van der Waals surface area contributed by atoms with Crippen molar-refractivity contribution in [3.8, 4) is 0 Å². The molecule has 2 nitrogen and oxygen atoms in total. The fourth-order valence-electron chi connectivity index (χ4n) is 2.71. The van der Waals surface area contributed by atoms with Crippen LogP contribution in [-0.2, 0) is 17.6 Å². The third-order valence-electron chi connectivity index (χ3n) is 3.72. The summed E-state index contributed by atoms with van der Waals surface area (Å²) in [6, 6.07) is 17.9. The van der Waals surface area contributed by atoms with Crippen LogP contribution in [0.3, 0.4) is 0 Å². The van der Waals surface area contributed by atoms with Gasteiger partial charge in [0, 0.05) is 6.04 Å². The monoisotopic (exact) mass is 285 g/mol.